The first-order valence-electron chi connectivity index (χ1n) is 10.6. The van der Waals surface area contributed by atoms with E-state index in [0.29, 0.717) is 28.8 Å². The summed E-state index contributed by atoms with van der Waals surface area (Å²) in [4.78, 5) is 26.1. The fraction of sp³-hybridized carbons (Fsp3) is 0.111. The van der Waals surface area contributed by atoms with Crippen LogP contribution >= 0.6 is 0 Å². The molecule has 158 valence electrons. The number of hydrogen-bond acceptors (Lipinski definition) is 3. The smallest absolute Gasteiger partial charge is 0.255 e. The zero-order valence-corrected chi connectivity index (χ0v) is 17.3. The van der Waals surface area contributed by atoms with E-state index in [2.05, 4.69) is 10.6 Å². The van der Waals surface area contributed by atoms with Crippen LogP contribution in [0.1, 0.15) is 26.3 Å². The number of rotatable bonds is 5. The average Bonchev–Trinajstić information content (AvgIpc) is 2.93. The molecule has 0 spiro atoms. The normalized spacial score (nSPS) is 13.1. The van der Waals surface area contributed by atoms with E-state index >= 15 is 0 Å². The van der Waals surface area contributed by atoms with E-state index in [1.807, 2.05) is 72.8 Å². The summed E-state index contributed by atoms with van der Waals surface area (Å²) in [6.07, 6.45) is 0.521. The number of amides is 2. The van der Waals surface area contributed by atoms with Crippen molar-refractivity contribution in [1.29, 1.82) is 0 Å². The van der Waals surface area contributed by atoms with Gasteiger partial charge in [-0.2, -0.15) is 0 Å². The highest BCUT2D eigenvalue weighted by Gasteiger charge is 2.25. The largest absolute Gasteiger partial charge is 0.394 e. The van der Waals surface area contributed by atoms with Crippen LogP contribution in [-0.4, -0.2) is 29.6 Å². The van der Waals surface area contributed by atoms with Gasteiger partial charge in [0.1, 0.15) is 0 Å². The standard InChI is InChI=1S/C27H22N2O3/c30-16-20(13-17-7-2-1-3-8-17)28-27(32)22-11-6-12-24-25(22)23-15-19(26(31)29-24)14-18-9-4-5-10-21(18)23/h1-12,14-15,20,30H,13,16H2,(H,28,32)(H,29,31)/t20-/m0/s1. The summed E-state index contributed by atoms with van der Waals surface area (Å²) >= 11 is 0. The summed E-state index contributed by atoms with van der Waals surface area (Å²) < 4.78 is 0. The Balaban J connectivity index is 1.57. The minimum atomic E-state index is -0.427. The third kappa shape index (κ3) is 3.63. The predicted molar refractivity (Wildman–Crippen MR) is 126 cm³/mol. The second kappa shape index (κ2) is 8.29. The van der Waals surface area contributed by atoms with E-state index in [1.165, 1.54) is 0 Å². The number of carbonyl (C=O) groups is 2. The van der Waals surface area contributed by atoms with Gasteiger partial charge in [0, 0.05) is 22.4 Å². The van der Waals surface area contributed by atoms with Crippen LogP contribution in [0.2, 0.25) is 0 Å². The van der Waals surface area contributed by atoms with Gasteiger partial charge < -0.3 is 15.7 Å². The topological polar surface area (TPSA) is 78.4 Å². The van der Waals surface area contributed by atoms with Crippen LogP contribution in [0.5, 0.6) is 0 Å². The summed E-state index contributed by atoms with van der Waals surface area (Å²) in [6.45, 7) is -0.176. The van der Waals surface area contributed by atoms with Crippen LogP contribution in [0, 0.1) is 0 Å². The minimum Gasteiger partial charge on any atom is -0.394 e. The van der Waals surface area contributed by atoms with Gasteiger partial charge in [0.25, 0.3) is 11.8 Å². The van der Waals surface area contributed by atoms with E-state index in [0.717, 1.165) is 21.9 Å². The quantitative estimate of drug-likeness (QED) is 0.446. The molecule has 0 fully saturated rings. The van der Waals surface area contributed by atoms with E-state index in [9.17, 15) is 14.7 Å². The molecule has 1 aliphatic rings. The Morgan fingerprint density at radius 1 is 0.938 bits per heavy atom. The fourth-order valence-electron chi connectivity index (χ4n) is 4.30. The maximum Gasteiger partial charge on any atom is 0.255 e. The first kappa shape index (κ1) is 20.0. The summed E-state index contributed by atoms with van der Waals surface area (Å²) in [7, 11) is 0. The van der Waals surface area contributed by atoms with Gasteiger partial charge in [-0.15, -0.1) is 0 Å². The summed E-state index contributed by atoms with van der Waals surface area (Å²) in [5, 5.41) is 17.7. The number of hydrogen-bond donors (Lipinski definition) is 3. The molecule has 5 nitrogen and oxygen atoms in total. The molecule has 4 aromatic carbocycles. The Bertz CT molecular complexity index is 1330. The summed E-state index contributed by atoms with van der Waals surface area (Å²) in [6, 6.07) is 26.2. The average molecular weight is 422 g/mol. The Morgan fingerprint density at radius 2 is 1.72 bits per heavy atom. The highest BCUT2D eigenvalue weighted by atomic mass is 16.3. The van der Waals surface area contributed by atoms with Gasteiger partial charge in [-0.25, -0.2) is 0 Å². The highest BCUT2D eigenvalue weighted by Crippen LogP contribution is 2.39. The van der Waals surface area contributed by atoms with Gasteiger partial charge >= 0.3 is 0 Å². The van der Waals surface area contributed by atoms with Crippen molar-refractivity contribution in [3.63, 3.8) is 0 Å². The number of nitrogens with one attached hydrogen (secondary N) is 2. The second-order valence-electron chi connectivity index (χ2n) is 7.97. The number of fused-ring (bicyclic) bond motifs is 6. The lowest BCUT2D eigenvalue weighted by atomic mass is 9.92. The maximum absolute atomic E-state index is 13.4. The van der Waals surface area contributed by atoms with Gasteiger partial charge in [-0.05, 0) is 52.6 Å². The van der Waals surface area contributed by atoms with Crippen molar-refractivity contribution in [3.05, 3.63) is 102 Å². The Labute approximate surface area is 185 Å². The lowest BCUT2D eigenvalue weighted by molar-refractivity contribution is 0.0916. The molecule has 4 aromatic rings. The summed E-state index contributed by atoms with van der Waals surface area (Å²) in [5.41, 5.74) is 4.16. The molecule has 1 aliphatic heterocycles. The van der Waals surface area contributed by atoms with Crippen molar-refractivity contribution in [1.82, 2.24) is 5.32 Å². The zero-order valence-electron chi connectivity index (χ0n) is 17.3. The molecule has 0 aromatic heterocycles. The van der Waals surface area contributed by atoms with Gasteiger partial charge in [0.05, 0.1) is 12.6 Å². The zero-order chi connectivity index (χ0) is 22.1. The SMILES string of the molecule is O=C1Nc2cccc(C(=O)N[C@H](CO)Cc3ccccc3)c2-c2cc1cc1ccccc21. The third-order valence-corrected chi connectivity index (χ3v) is 5.83. The van der Waals surface area contributed by atoms with Crippen LogP contribution in [0.15, 0.2) is 84.9 Å². The number of benzene rings is 4. The fourth-order valence-corrected chi connectivity index (χ4v) is 4.30. The lowest BCUT2D eigenvalue weighted by Crippen LogP contribution is -2.39. The number of carbonyl (C=O) groups excluding carboxylic acids is 2. The molecule has 5 rings (SSSR count). The predicted octanol–water partition coefficient (Wildman–Crippen LogP) is 4.41. The van der Waals surface area contributed by atoms with Crippen LogP contribution in [0.3, 0.4) is 0 Å². The molecule has 2 amide bonds. The number of aliphatic hydroxyl groups excluding tert-OH is 1. The van der Waals surface area contributed by atoms with Crippen molar-refractivity contribution in [2.45, 2.75) is 12.5 Å². The second-order valence-corrected chi connectivity index (χ2v) is 7.97. The van der Waals surface area contributed by atoms with Crippen LogP contribution in [-0.2, 0) is 6.42 Å². The van der Waals surface area contributed by atoms with Crippen molar-refractivity contribution in [3.8, 4) is 11.1 Å². The van der Waals surface area contributed by atoms with E-state index in [-0.39, 0.29) is 18.4 Å². The molecule has 1 heterocycles. The molecular weight excluding hydrogens is 400 g/mol. The molecule has 0 radical (unpaired) electrons. The maximum atomic E-state index is 13.4. The van der Waals surface area contributed by atoms with Gasteiger partial charge in [0.2, 0.25) is 0 Å². The first-order valence-corrected chi connectivity index (χ1v) is 10.6. The van der Waals surface area contributed by atoms with Crippen LogP contribution in [0.25, 0.3) is 21.9 Å². The monoisotopic (exact) mass is 422 g/mol. The molecule has 32 heavy (non-hydrogen) atoms. The molecule has 3 N–H and O–H groups in total. The highest BCUT2D eigenvalue weighted by molar-refractivity contribution is 6.18. The number of aliphatic hydroxyl groups is 1. The van der Waals surface area contributed by atoms with Gasteiger partial charge in [-0.3, -0.25) is 9.59 Å². The van der Waals surface area contributed by atoms with Crippen molar-refractivity contribution in [2.24, 2.45) is 0 Å². The van der Waals surface area contributed by atoms with Crippen LogP contribution < -0.4 is 10.6 Å². The molecule has 0 saturated carbocycles. The van der Waals surface area contributed by atoms with Crippen LogP contribution in [0.4, 0.5) is 5.69 Å². The third-order valence-electron chi connectivity index (χ3n) is 5.83. The molecular formula is C27H22N2O3. The van der Waals surface area contributed by atoms with E-state index in [4.69, 9.17) is 0 Å². The van der Waals surface area contributed by atoms with Gasteiger partial charge in [-0.1, -0.05) is 60.7 Å². The molecule has 0 saturated heterocycles. The molecule has 0 aliphatic carbocycles. The Hall–Kier alpha value is -3.96. The lowest BCUT2D eigenvalue weighted by Gasteiger charge is -2.19. The van der Waals surface area contributed by atoms with Crippen molar-refractivity contribution < 1.29 is 14.7 Å². The minimum absolute atomic E-state index is 0.176. The number of anilines is 1. The first-order chi connectivity index (χ1) is 15.6. The summed E-state index contributed by atoms with van der Waals surface area (Å²) in [5.74, 6) is -0.493. The van der Waals surface area contributed by atoms with Gasteiger partial charge in [0.15, 0.2) is 0 Å². The molecule has 5 heteroatoms. The van der Waals surface area contributed by atoms with Crippen molar-refractivity contribution >= 4 is 28.3 Å². The van der Waals surface area contributed by atoms with E-state index < -0.39 is 6.04 Å². The van der Waals surface area contributed by atoms with Crippen molar-refractivity contribution in [2.75, 3.05) is 11.9 Å². The van der Waals surface area contributed by atoms with E-state index in [1.54, 1.807) is 12.1 Å². The molecule has 2 bridgehead atoms. The Kier molecular flexibility index (Phi) is 5.17. The molecule has 1 atom stereocenters. The Morgan fingerprint density at radius 3 is 2.53 bits per heavy atom. The molecule has 0 unspecified atom stereocenters.